The number of aliphatic hydroxyl groups excluding tert-OH is 1. The maximum absolute atomic E-state index is 8.73. The SMILES string of the molecule is CCCCCC[N+](C)(C)CCCO. The van der Waals surface area contributed by atoms with E-state index in [2.05, 4.69) is 21.0 Å². The number of nitrogens with zero attached hydrogens (tertiary/aromatic N) is 1. The van der Waals surface area contributed by atoms with Crippen LogP contribution in [0.15, 0.2) is 0 Å². The summed E-state index contributed by atoms with van der Waals surface area (Å²) in [6.07, 6.45) is 6.29. The van der Waals surface area contributed by atoms with Gasteiger partial charge in [-0.2, -0.15) is 0 Å². The van der Waals surface area contributed by atoms with Crippen molar-refractivity contribution in [1.29, 1.82) is 0 Å². The lowest BCUT2D eigenvalue weighted by Crippen LogP contribution is -2.41. The molecule has 0 bridgehead atoms. The fourth-order valence-electron chi connectivity index (χ4n) is 1.58. The van der Waals surface area contributed by atoms with Crippen molar-refractivity contribution in [3.05, 3.63) is 0 Å². The van der Waals surface area contributed by atoms with Crippen LogP contribution in [-0.2, 0) is 0 Å². The zero-order chi connectivity index (χ0) is 10.2. The molecule has 0 amide bonds. The van der Waals surface area contributed by atoms with Gasteiger partial charge in [0.05, 0.1) is 27.2 Å². The van der Waals surface area contributed by atoms with Crippen LogP contribution in [0.25, 0.3) is 0 Å². The highest BCUT2D eigenvalue weighted by atomic mass is 16.3. The van der Waals surface area contributed by atoms with Crippen molar-refractivity contribution < 1.29 is 9.59 Å². The summed E-state index contributed by atoms with van der Waals surface area (Å²) < 4.78 is 1.06. The lowest BCUT2D eigenvalue weighted by molar-refractivity contribution is -0.890. The van der Waals surface area contributed by atoms with Gasteiger partial charge in [0.25, 0.3) is 0 Å². The van der Waals surface area contributed by atoms with Gasteiger partial charge in [-0.1, -0.05) is 19.8 Å². The molecule has 0 spiro atoms. The third kappa shape index (κ3) is 8.26. The summed E-state index contributed by atoms with van der Waals surface area (Å²) in [6, 6.07) is 0. The standard InChI is InChI=1S/C11H26NO/c1-4-5-6-7-9-12(2,3)10-8-11-13/h13H,4-11H2,1-3H3/q+1. The Hall–Kier alpha value is -0.0800. The molecule has 0 aromatic carbocycles. The second-order valence-electron chi connectivity index (χ2n) is 4.52. The molecule has 0 atom stereocenters. The van der Waals surface area contributed by atoms with Crippen molar-refractivity contribution in [3.8, 4) is 0 Å². The van der Waals surface area contributed by atoms with E-state index in [0.717, 1.165) is 17.4 Å². The summed E-state index contributed by atoms with van der Waals surface area (Å²) >= 11 is 0. The molecule has 0 radical (unpaired) electrons. The highest BCUT2D eigenvalue weighted by molar-refractivity contribution is 4.41. The van der Waals surface area contributed by atoms with Crippen LogP contribution in [-0.4, -0.2) is 43.4 Å². The molecule has 0 unspecified atom stereocenters. The fraction of sp³-hybridized carbons (Fsp3) is 1.00. The molecule has 0 aliphatic rings. The van der Waals surface area contributed by atoms with Crippen molar-refractivity contribution in [3.63, 3.8) is 0 Å². The molecule has 0 heterocycles. The predicted molar refractivity (Wildman–Crippen MR) is 57.7 cm³/mol. The summed E-state index contributed by atoms with van der Waals surface area (Å²) in [6.45, 7) is 4.92. The second kappa shape index (κ2) is 7.34. The zero-order valence-corrected chi connectivity index (χ0v) is 9.55. The molecule has 0 fully saturated rings. The summed E-state index contributed by atoms with van der Waals surface area (Å²) in [7, 11) is 4.50. The molecular formula is C11H26NO+. The van der Waals surface area contributed by atoms with E-state index in [1.807, 2.05) is 0 Å². The lowest BCUT2D eigenvalue weighted by atomic mass is 10.2. The molecule has 2 heteroatoms. The molecule has 0 saturated carbocycles. The number of unbranched alkanes of at least 4 members (excludes halogenated alkanes) is 3. The van der Waals surface area contributed by atoms with Gasteiger partial charge in [-0.05, 0) is 12.8 Å². The third-order valence-electron chi connectivity index (χ3n) is 2.54. The molecule has 0 aliphatic carbocycles. The summed E-state index contributed by atoms with van der Waals surface area (Å²) in [5, 5.41) is 8.73. The normalized spacial score (nSPS) is 12.0. The molecule has 0 aromatic rings. The van der Waals surface area contributed by atoms with E-state index in [-0.39, 0.29) is 0 Å². The number of quaternary nitrogens is 1. The first-order chi connectivity index (χ1) is 6.12. The van der Waals surface area contributed by atoms with E-state index in [0.29, 0.717) is 6.61 Å². The average molecular weight is 188 g/mol. The minimum absolute atomic E-state index is 0.330. The van der Waals surface area contributed by atoms with Crippen LogP contribution in [0.5, 0.6) is 0 Å². The van der Waals surface area contributed by atoms with Crippen LogP contribution in [0.3, 0.4) is 0 Å². The summed E-state index contributed by atoms with van der Waals surface area (Å²) in [5.74, 6) is 0. The topological polar surface area (TPSA) is 20.2 Å². The largest absolute Gasteiger partial charge is 0.396 e. The Morgan fingerprint density at radius 2 is 1.54 bits per heavy atom. The van der Waals surface area contributed by atoms with E-state index in [1.165, 1.54) is 32.2 Å². The second-order valence-corrected chi connectivity index (χ2v) is 4.52. The van der Waals surface area contributed by atoms with E-state index >= 15 is 0 Å². The Labute approximate surface area is 83.2 Å². The Morgan fingerprint density at radius 3 is 2.08 bits per heavy atom. The number of hydrogen-bond donors (Lipinski definition) is 1. The minimum atomic E-state index is 0.330. The van der Waals surface area contributed by atoms with Gasteiger partial charge in [0, 0.05) is 13.0 Å². The first-order valence-corrected chi connectivity index (χ1v) is 5.55. The van der Waals surface area contributed by atoms with E-state index in [9.17, 15) is 0 Å². The van der Waals surface area contributed by atoms with Crippen LogP contribution in [0.2, 0.25) is 0 Å². The van der Waals surface area contributed by atoms with Crippen molar-refractivity contribution in [2.75, 3.05) is 33.8 Å². The van der Waals surface area contributed by atoms with Gasteiger partial charge in [0.15, 0.2) is 0 Å². The molecule has 0 aromatic heterocycles. The molecular weight excluding hydrogens is 162 g/mol. The molecule has 0 saturated heterocycles. The van der Waals surface area contributed by atoms with E-state index in [4.69, 9.17) is 5.11 Å². The van der Waals surface area contributed by atoms with Crippen LogP contribution >= 0.6 is 0 Å². The maximum Gasteiger partial charge on any atom is 0.0804 e. The highest BCUT2D eigenvalue weighted by Crippen LogP contribution is 2.05. The Bertz CT molecular complexity index is 113. The molecule has 0 rings (SSSR count). The van der Waals surface area contributed by atoms with Gasteiger partial charge in [-0.3, -0.25) is 0 Å². The Morgan fingerprint density at radius 1 is 0.923 bits per heavy atom. The van der Waals surface area contributed by atoms with Gasteiger partial charge < -0.3 is 9.59 Å². The molecule has 80 valence electrons. The number of rotatable bonds is 8. The first kappa shape index (κ1) is 12.9. The summed E-state index contributed by atoms with van der Waals surface area (Å²) in [5.41, 5.74) is 0. The van der Waals surface area contributed by atoms with E-state index < -0.39 is 0 Å². The monoisotopic (exact) mass is 188 g/mol. The summed E-state index contributed by atoms with van der Waals surface area (Å²) in [4.78, 5) is 0. The molecule has 1 N–H and O–H groups in total. The third-order valence-corrected chi connectivity index (χ3v) is 2.54. The van der Waals surface area contributed by atoms with Gasteiger partial charge >= 0.3 is 0 Å². The van der Waals surface area contributed by atoms with Crippen molar-refractivity contribution >= 4 is 0 Å². The van der Waals surface area contributed by atoms with Crippen molar-refractivity contribution in [1.82, 2.24) is 0 Å². The van der Waals surface area contributed by atoms with Crippen molar-refractivity contribution in [2.45, 2.75) is 39.0 Å². The maximum atomic E-state index is 8.73. The van der Waals surface area contributed by atoms with Crippen LogP contribution in [0.4, 0.5) is 0 Å². The van der Waals surface area contributed by atoms with Gasteiger partial charge in [0.2, 0.25) is 0 Å². The molecule has 2 nitrogen and oxygen atoms in total. The van der Waals surface area contributed by atoms with Crippen LogP contribution in [0, 0.1) is 0 Å². The van der Waals surface area contributed by atoms with Crippen LogP contribution in [0.1, 0.15) is 39.0 Å². The number of aliphatic hydroxyl groups is 1. The van der Waals surface area contributed by atoms with Gasteiger partial charge in [-0.25, -0.2) is 0 Å². The Kier molecular flexibility index (Phi) is 7.29. The quantitative estimate of drug-likeness (QED) is 0.456. The van der Waals surface area contributed by atoms with Crippen LogP contribution < -0.4 is 0 Å². The van der Waals surface area contributed by atoms with Crippen molar-refractivity contribution in [2.24, 2.45) is 0 Å². The fourth-order valence-corrected chi connectivity index (χ4v) is 1.58. The lowest BCUT2D eigenvalue weighted by Gasteiger charge is -2.29. The first-order valence-electron chi connectivity index (χ1n) is 5.55. The predicted octanol–water partition coefficient (Wildman–Crippen LogP) is 2.03. The highest BCUT2D eigenvalue weighted by Gasteiger charge is 2.12. The molecule has 0 aliphatic heterocycles. The smallest absolute Gasteiger partial charge is 0.0804 e. The zero-order valence-electron chi connectivity index (χ0n) is 9.55. The van der Waals surface area contributed by atoms with Gasteiger partial charge in [-0.15, -0.1) is 0 Å². The van der Waals surface area contributed by atoms with E-state index in [1.54, 1.807) is 0 Å². The molecule has 13 heavy (non-hydrogen) atoms. The van der Waals surface area contributed by atoms with Gasteiger partial charge in [0.1, 0.15) is 0 Å². The number of hydrogen-bond acceptors (Lipinski definition) is 1. The Balaban J connectivity index is 3.39. The minimum Gasteiger partial charge on any atom is -0.396 e. The average Bonchev–Trinajstić information content (AvgIpc) is 2.09.